The summed E-state index contributed by atoms with van der Waals surface area (Å²) >= 11 is 0. The Morgan fingerprint density at radius 1 is 1.04 bits per heavy atom. The lowest BCUT2D eigenvalue weighted by molar-refractivity contribution is 0.143. The van der Waals surface area contributed by atoms with Gasteiger partial charge in [-0.1, -0.05) is 36.4 Å². The molecule has 0 radical (unpaired) electrons. The van der Waals surface area contributed by atoms with Crippen molar-refractivity contribution in [2.45, 2.75) is 26.3 Å². The number of fused-ring (bicyclic) bond motifs is 1. The molecular formula is C19H28IN3O. The summed E-state index contributed by atoms with van der Waals surface area (Å²) in [7, 11) is 1.80. The molecule has 0 bridgehead atoms. The van der Waals surface area contributed by atoms with Crippen LogP contribution in [-0.4, -0.2) is 32.8 Å². The van der Waals surface area contributed by atoms with Crippen molar-refractivity contribution in [1.29, 1.82) is 0 Å². The summed E-state index contributed by atoms with van der Waals surface area (Å²) in [6, 6.07) is 15.0. The van der Waals surface area contributed by atoms with Gasteiger partial charge in [0.15, 0.2) is 5.96 Å². The first-order valence-corrected chi connectivity index (χ1v) is 8.33. The summed E-state index contributed by atoms with van der Waals surface area (Å²) in [4.78, 5) is 4.26. The maximum Gasteiger partial charge on any atom is 0.191 e. The van der Waals surface area contributed by atoms with Crippen LogP contribution in [0.4, 0.5) is 0 Å². The number of aliphatic imine (C=N–C) groups is 1. The van der Waals surface area contributed by atoms with Gasteiger partial charge >= 0.3 is 0 Å². The quantitative estimate of drug-likeness (QED) is 0.282. The van der Waals surface area contributed by atoms with E-state index in [-0.39, 0.29) is 24.0 Å². The predicted molar refractivity (Wildman–Crippen MR) is 113 cm³/mol. The first-order chi connectivity index (χ1) is 11.3. The molecule has 0 atom stereocenters. The average Bonchev–Trinajstić information content (AvgIpc) is 2.60. The third-order valence-electron chi connectivity index (χ3n) is 3.71. The predicted octanol–water partition coefficient (Wildman–Crippen LogP) is 3.94. The van der Waals surface area contributed by atoms with E-state index in [1.165, 1.54) is 16.3 Å². The maximum atomic E-state index is 5.33. The Bertz CT molecular complexity index is 631. The van der Waals surface area contributed by atoms with Crippen molar-refractivity contribution in [1.82, 2.24) is 10.6 Å². The Morgan fingerprint density at radius 2 is 1.83 bits per heavy atom. The van der Waals surface area contributed by atoms with Gasteiger partial charge < -0.3 is 15.4 Å². The lowest BCUT2D eigenvalue weighted by Crippen LogP contribution is -2.37. The fraction of sp³-hybridized carbons (Fsp3) is 0.421. The van der Waals surface area contributed by atoms with Crippen LogP contribution in [0.25, 0.3) is 10.8 Å². The number of halogens is 1. The zero-order chi connectivity index (χ0) is 16.3. The molecule has 0 fully saturated rings. The third kappa shape index (κ3) is 7.05. The molecule has 2 rings (SSSR count). The van der Waals surface area contributed by atoms with Crippen molar-refractivity contribution < 1.29 is 4.74 Å². The van der Waals surface area contributed by atoms with Crippen molar-refractivity contribution in [3.05, 3.63) is 48.0 Å². The van der Waals surface area contributed by atoms with Gasteiger partial charge in [-0.15, -0.1) is 24.0 Å². The second-order valence-electron chi connectivity index (χ2n) is 5.44. The number of nitrogens with one attached hydrogen (secondary N) is 2. The van der Waals surface area contributed by atoms with Crippen LogP contribution in [0.3, 0.4) is 0 Å². The molecule has 0 saturated carbocycles. The van der Waals surface area contributed by atoms with E-state index >= 15 is 0 Å². The van der Waals surface area contributed by atoms with Crippen LogP contribution in [0, 0.1) is 0 Å². The van der Waals surface area contributed by atoms with Crippen LogP contribution in [-0.2, 0) is 11.3 Å². The summed E-state index contributed by atoms with van der Waals surface area (Å²) in [5.74, 6) is 0.842. The molecule has 2 N–H and O–H groups in total. The van der Waals surface area contributed by atoms with E-state index in [1.807, 2.05) is 6.92 Å². The van der Waals surface area contributed by atoms with Crippen LogP contribution in [0.5, 0.6) is 0 Å². The van der Waals surface area contributed by atoms with Crippen LogP contribution < -0.4 is 10.6 Å². The normalized spacial score (nSPS) is 11.2. The molecule has 0 spiro atoms. The first kappa shape index (κ1) is 20.7. The van der Waals surface area contributed by atoms with Gasteiger partial charge in [0.25, 0.3) is 0 Å². The molecular weight excluding hydrogens is 413 g/mol. The second-order valence-corrected chi connectivity index (χ2v) is 5.44. The van der Waals surface area contributed by atoms with Crippen LogP contribution in [0.2, 0.25) is 0 Å². The monoisotopic (exact) mass is 441 g/mol. The zero-order valence-corrected chi connectivity index (χ0v) is 16.9. The summed E-state index contributed by atoms with van der Waals surface area (Å²) in [6.07, 6.45) is 2.15. The Hall–Kier alpha value is -1.34. The molecule has 2 aromatic rings. The molecule has 0 amide bonds. The van der Waals surface area contributed by atoms with Gasteiger partial charge in [0.2, 0.25) is 0 Å². The Kier molecular flexibility index (Phi) is 10.4. The van der Waals surface area contributed by atoms with E-state index < -0.39 is 0 Å². The van der Waals surface area contributed by atoms with Gasteiger partial charge in [-0.25, -0.2) is 0 Å². The fourth-order valence-electron chi connectivity index (χ4n) is 2.44. The highest BCUT2D eigenvalue weighted by molar-refractivity contribution is 14.0. The maximum absolute atomic E-state index is 5.33. The van der Waals surface area contributed by atoms with Gasteiger partial charge in [-0.3, -0.25) is 4.99 Å². The van der Waals surface area contributed by atoms with Crippen LogP contribution in [0.15, 0.2) is 47.5 Å². The standard InChI is InChI=1S/C19H27N3O.HI/c1-3-23-13-7-6-12-21-19(20-2)22-15-16-10-11-17-8-4-5-9-18(17)14-16;/h4-5,8-11,14H,3,6-7,12-13,15H2,1-2H3,(H2,20,21,22);1H. The molecule has 0 unspecified atom stereocenters. The van der Waals surface area contributed by atoms with E-state index in [9.17, 15) is 0 Å². The Labute approximate surface area is 162 Å². The fourth-order valence-corrected chi connectivity index (χ4v) is 2.44. The van der Waals surface area contributed by atoms with Gasteiger partial charge in [-0.2, -0.15) is 0 Å². The average molecular weight is 441 g/mol. The molecule has 24 heavy (non-hydrogen) atoms. The van der Waals surface area contributed by atoms with E-state index in [0.29, 0.717) is 0 Å². The first-order valence-electron chi connectivity index (χ1n) is 8.33. The lowest BCUT2D eigenvalue weighted by Gasteiger charge is -2.12. The number of guanidine groups is 1. The molecule has 0 aliphatic carbocycles. The molecule has 0 aliphatic heterocycles. The zero-order valence-electron chi connectivity index (χ0n) is 14.5. The number of ether oxygens (including phenoxy) is 1. The highest BCUT2D eigenvalue weighted by atomic mass is 127. The number of unbranched alkanes of at least 4 members (excludes halogenated alkanes) is 1. The third-order valence-corrected chi connectivity index (χ3v) is 3.71. The van der Waals surface area contributed by atoms with Crippen molar-refractivity contribution in [2.24, 2.45) is 4.99 Å². The van der Waals surface area contributed by atoms with Crippen LogP contribution in [0.1, 0.15) is 25.3 Å². The smallest absolute Gasteiger partial charge is 0.191 e. The molecule has 2 aromatic carbocycles. The van der Waals surface area contributed by atoms with Crippen molar-refractivity contribution in [2.75, 3.05) is 26.8 Å². The number of rotatable bonds is 8. The molecule has 132 valence electrons. The minimum Gasteiger partial charge on any atom is -0.382 e. The van der Waals surface area contributed by atoms with Crippen molar-refractivity contribution in [3.8, 4) is 0 Å². The number of hydrogen-bond donors (Lipinski definition) is 2. The SMILES string of the molecule is CCOCCCCNC(=NC)NCc1ccc2ccccc2c1.I. The number of nitrogens with zero attached hydrogens (tertiary/aromatic N) is 1. The molecule has 0 heterocycles. The summed E-state index contributed by atoms with van der Waals surface area (Å²) < 4.78 is 5.33. The molecule has 0 aliphatic rings. The minimum atomic E-state index is 0. The van der Waals surface area contributed by atoms with Crippen molar-refractivity contribution >= 4 is 40.7 Å². The van der Waals surface area contributed by atoms with E-state index in [4.69, 9.17) is 4.74 Å². The highest BCUT2D eigenvalue weighted by Gasteiger charge is 1.99. The highest BCUT2D eigenvalue weighted by Crippen LogP contribution is 2.15. The summed E-state index contributed by atoms with van der Waals surface area (Å²) in [5.41, 5.74) is 1.25. The van der Waals surface area contributed by atoms with E-state index in [2.05, 4.69) is 58.1 Å². The topological polar surface area (TPSA) is 45.6 Å². The molecule has 0 aromatic heterocycles. The summed E-state index contributed by atoms with van der Waals surface area (Å²) in [6.45, 7) is 5.33. The van der Waals surface area contributed by atoms with Gasteiger partial charge in [0, 0.05) is 33.4 Å². The minimum absolute atomic E-state index is 0. The van der Waals surface area contributed by atoms with Gasteiger partial charge in [0.05, 0.1) is 0 Å². The van der Waals surface area contributed by atoms with E-state index in [0.717, 1.165) is 45.1 Å². The van der Waals surface area contributed by atoms with Gasteiger partial charge in [0.1, 0.15) is 0 Å². The van der Waals surface area contributed by atoms with Crippen molar-refractivity contribution in [3.63, 3.8) is 0 Å². The Balaban J connectivity index is 0.00000288. The number of benzene rings is 2. The molecule has 0 saturated heterocycles. The van der Waals surface area contributed by atoms with E-state index in [1.54, 1.807) is 7.05 Å². The van der Waals surface area contributed by atoms with Crippen LogP contribution >= 0.6 is 24.0 Å². The van der Waals surface area contributed by atoms with Gasteiger partial charge in [-0.05, 0) is 42.2 Å². The molecule has 5 heteroatoms. The Morgan fingerprint density at radius 3 is 2.58 bits per heavy atom. The lowest BCUT2D eigenvalue weighted by atomic mass is 10.1. The number of hydrogen-bond acceptors (Lipinski definition) is 2. The second kappa shape index (κ2) is 12.1. The largest absolute Gasteiger partial charge is 0.382 e. The summed E-state index contributed by atoms with van der Waals surface area (Å²) in [5, 5.41) is 9.24. The molecule has 4 nitrogen and oxygen atoms in total.